The highest BCUT2D eigenvalue weighted by Crippen LogP contribution is 2.24. The molecule has 2 rings (SSSR count). The maximum atomic E-state index is 12.1. The smallest absolute Gasteiger partial charge is 0.387 e. The second-order valence-electron chi connectivity index (χ2n) is 3.53. The summed E-state index contributed by atoms with van der Waals surface area (Å²) < 4.78 is 28.4. The number of aromatic nitrogens is 2. The van der Waals surface area contributed by atoms with Crippen LogP contribution in [0, 0.1) is 0 Å². The predicted molar refractivity (Wildman–Crippen MR) is 59.2 cm³/mol. The lowest BCUT2D eigenvalue weighted by atomic mass is 10.0. The molecule has 1 aromatic heterocycles. The van der Waals surface area contributed by atoms with Gasteiger partial charge in [0.1, 0.15) is 18.2 Å². The first-order chi connectivity index (χ1) is 8.66. The number of aliphatic hydroxyl groups excluding tert-OH is 1. The SMILES string of the molecule is OC(c1cncnc1)c1cccc(OC(F)F)c1. The summed E-state index contributed by atoms with van der Waals surface area (Å²) in [6.07, 6.45) is 3.27. The van der Waals surface area contributed by atoms with Gasteiger partial charge in [0.25, 0.3) is 0 Å². The van der Waals surface area contributed by atoms with Gasteiger partial charge >= 0.3 is 6.61 Å². The van der Waals surface area contributed by atoms with Gasteiger partial charge < -0.3 is 9.84 Å². The Morgan fingerprint density at radius 3 is 2.50 bits per heavy atom. The highest BCUT2D eigenvalue weighted by molar-refractivity contribution is 5.33. The summed E-state index contributed by atoms with van der Waals surface area (Å²) in [6, 6.07) is 5.88. The molecular weight excluding hydrogens is 242 g/mol. The summed E-state index contributed by atoms with van der Waals surface area (Å²) >= 11 is 0. The number of ether oxygens (including phenoxy) is 1. The van der Waals surface area contributed by atoms with Crippen molar-refractivity contribution < 1.29 is 18.6 Å². The largest absolute Gasteiger partial charge is 0.435 e. The van der Waals surface area contributed by atoms with Crippen LogP contribution in [0.5, 0.6) is 5.75 Å². The first kappa shape index (κ1) is 12.4. The Bertz CT molecular complexity index is 508. The van der Waals surface area contributed by atoms with Crippen molar-refractivity contribution in [3.05, 3.63) is 54.1 Å². The van der Waals surface area contributed by atoms with E-state index in [1.807, 2.05) is 0 Å². The molecule has 1 heterocycles. The topological polar surface area (TPSA) is 55.2 Å². The van der Waals surface area contributed by atoms with Gasteiger partial charge in [-0.3, -0.25) is 0 Å². The molecule has 1 aromatic carbocycles. The van der Waals surface area contributed by atoms with Gasteiger partial charge in [0.05, 0.1) is 0 Å². The third-order valence-electron chi connectivity index (χ3n) is 2.30. The zero-order valence-electron chi connectivity index (χ0n) is 9.20. The molecule has 0 aliphatic carbocycles. The van der Waals surface area contributed by atoms with Gasteiger partial charge in [0, 0.05) is 18.0 Å². The Kier molecular flexibility index (Phi) is 3.78. The quantitative estimate of drug-likeness (QED) is 0.905. The molecule has 0 saturated heterocycles. The number of hydrogen-bond acceptors (Lipinski definition) is 4. The molecule has 0 radical (unpaired) electrons. The number of rotatable bonds is 4. The third kappa shape index (κ3) is 2.98. The Balaban J connectivity index is 2.23. The van der Waals surface area contributed by atoms with Crippen molar-refractivity contribution in [2.75, 3.05) is 0 Å². The van der Waals surface area contributed by atoms with Crippen molar-refractivity contribution in [2.24, 2.45) is 0 Å². The molecule has 0 bridgehead atoms. The fourth-order valence-corrected chi connectivity index (χ4v) is 1.51. The van der Waals surface area contributed by atoms with E-state index in [2.05, 4.69) is 14.7 Å². The highest BCUT2D eigenvalue weighted by atomic mass is 19.3. The molecule has 0 spiro atoms. The zero-order chi connectivity index (χ0) is 13.0. The molecule has 2 aromatic rings. The van der Waals surface area contributed by atoms with Gasteiger partial charge in [0.15, 0.2) is 0 Å². The number of halogens is 2. The molecule has 0 amide bonds. The van der Waals surface area contributed by atoms with Gasteiger partial charge in [-0.1, -0.05) is 12.1 Å². The second kappa shape index (κ2) is 5.50. The molecule has 6 heteroatoms. The summed E-state index contributed by atoms with van der Waals surface area (Å²) in [6.45, 7) is -2.89. The van der Waals surface area contributed by atoms with Gasteiger partial charge in [-0.15, -0.1) is 0 Å². The van der Waals surface area contributed by atoms with E-state index in [1.54, 1.807) is 6.07 Å². The van der Waals surface area contributed by atoms with Crippen LogP contribution in [0.2, 0.25) is 0 Å². The molecule has 0 saturated carbocycles. The number of aliphatic hydroxyl groups is 1. The Morgan fingerprint density at radius 2 is 1.83 bits per heavy atom. The molecule has 1 unspecified atom stereocenters. The van der Waals surface area contributed by atoms with Crippen molar-refractivity contribution in [1.82, 2.24) is 9.97 Å². The molecular formula is C12H10F2N2O2. The van der Waals surface area contributed by atoms with E-state index < -0.39 is 12.7 Å². The van der Waals surface area contributed by atoms with Crippen LogP contribution in [0.4, 0.5) is 8.78 Å². The Morgan fingerprint density at radius 1 is 1.11 bits per heavy atom. The standard InChI is InChI=1S/C12H10F2N2O2/c13-12(14)18-10-3-1-2-8(4-10)11(17)9-5-15-7-16-6-9/h1-7,11-12,17H. The minimum atomic E-state index is -2.89. The number of hydrogen-bond donors (Lipinski definition) is 1. The molecule has 1 atom stereocenters. The Labute approximate surface area is 102 Å². The van der Waals surface area contributed by atoms with Crippen LogP contribution in [-0.4, -0.2) is 21.7 Å². The lowest BCUT2D eigenvalue weighted by Gasteiger charge is -2.12. The van der Waals surface area contributed by atoms with Crippen molar-refractivity contribution in [1.29, 1.82) is 0 Å². The first-order valence-corrected chi connectivity index (χ1v) is 5.14. The summed E-state index contributed by atoms with van der Waals surface area (Å²) in [7, 11) is 0. The van der Waals surface area contributed by atoms with Crippen LogP contribution in [0.3, 0.4) is 0 Å². The van der Waals surface area contributed by atoms with Gasteiger partial charge in [0.2, 0.25) is 0 Å². The monoisotopic (exact) mass is 252 g/mol. The molecule has 0 aliphatic heterocycles. The molecule has 4 nitrogen and oxygen atoms in total. The molecule has 0 fully saturated rings. The normalized spacial score (nSPS) is 12.4. The number of alkyl halides is 2. The van der Waals surface area contributed by atoms with Crippen LogP contribution in [0.15, 0.2) is 43.0 Å². The predicted octanol–water partition coefficient (Wildman–Crippen LogP) is 2.16. The van der Waals surface area contributed by atoms with E-state index >= 15 is 0 Å². The third-order valence-corrected chi connectivity index (χ3v) is 2.30. The molecule has 94 valence electrons. The van der Waals surface area contributed by atoms with Crippen LogP contribution in [0.25, 0.3) is 0 Å². The number of benzene rings is 1. The zero-order valence-corrected chi connectivity index (χ0v) is 9.20. The van der Waals surface area contributed by atoms with Crippen LogP contribution < -0.4 is 4.74 Å². The highest BCUT2D eigenvalue weighted by Gasteiger charge is 2.12. The first-order valence-electron chi connectivity index (χ1n) is 5.14. The van der Waals surface area contributed by atoms with Crippen molar-refractivity contribution in [3.63, 3.8) is 0 Å². The fourth-order valence-electron chi connectivity index (χ4n) is 1.51. The average Bonchev–Trinajstić information content (AvgIpc) is 2.38. The molecule has 0 aliphatic rings. The summed E-state index contributed by atoms with van der Waals surface area (Å²) in [5.74, 6) is -0.00148. The van der Waals surface area contributed by atoms with Crippen molar-refractivity contribution in [3.8, 4) is 5.75 Å². The molecule has 18 heavy (non-hydrogen) atoms. The summed E-state index contributed by atoms with van der Waals surface area (Å²) in [5, 5.41) is 10.0. The second-order valence-corrected chi connectivity index (χ2v) is 3.53. The van der Waals surface area contributed by atoms with E-state index in [0.29, 0.717) is 11.1 Å². The van der Waals surface area contributed by atoms with E-state index in [-0.39, 0.29) is 5.75 Å². The van der Waals surface area contributed by atoms with Gasteiger partial charge in [-0.25, -0.2) is 9.97 Å². The molecule has 1 N–H and O–H groups in total. The lowest BCUT2D eigenvalue weighted by molar-refractivity contribution is -0.0499. The average molecular weight is 252 g/mol. The van der Waals surface area contributed by atoms with E-state index in [4.69, 9.17) is 0 Å². The van der Waals surface area contributed by atoms with Crippen LogP contribution >= 0.6 is 0 Å². The van der Waals surface area contributed by atoms with Gasteiger partial charge in [-0.05, 0) is 17.7 Å². The fraction of sp³-hybridized carbons (Fsp3) is 0.167. The maximum Gasteiger partial charge on any atom is 0.387 e. The van der Waals surface area contributed by atoms with Crippen molar-refractivity contribution in [2.45, 2.75) is 12.7 Å². The van der Waals surface area contributed by atoms with E-state index in [0.717, 1.165) is 0 Å². The van der Waals surface area contributed by atoms with E-state index in [9.17, 15) is 13.9 Å². The maximum absolute atomic E-state index is 12.1. The minimum Gasteiger partial charge on any atom is -0.435 e. The summed E-state index contributed by atoms with van der Waals surface area (Å²) in [4.78, 5) is 7.56. The van der Waals surface area contributed by atoms with Crippen molar-refractivity contribution >= 4 is 0 Å². The van der Waals surface area contributed by atoms with Crippen LogP contribution in [-0.2, 0) is 0 Å². The minimum absolute atomic E-state index is 0.00148. The van der Waals surface area contributed by atoms with Crippen LogP contribution in [0.1, 0.15) is 17.2 Å². The Hall–Kier alpha value is -2.08. The number of nitrogens with zero attached hydrogens (tertiary/aromatic N) is 2. The van der Waals surface area contributed by atoms with E-state index in [1.165, 1.54) is 36.9 Å². The lowest BCUT2D eigenvalue weighted by Crippen LogP contribution is -2.04. The summed E-state index contributed by atoms with van der Waals surface area (Å²) in [5.41, 5.74) is 0.912. The van der Waals surface area contributed by atoms with Gasteiger partial charge in [-0.2, -0.15) is 8.78 Å².